The fraction of sp³-hybridized carbons (Fsp3) is 0.900. The number of hydrogen-bond donors (Lipinski definition) is 1. The van der Waals surface area contributed by atoms with Gasteiger partial charge in [-0.25, -0.2) is 0 Å². The van der Waals surface area contributed by atoms with Crippen molar-refractivity contribution >= 4 is 8.32 Å². The first-order chi connectivity index (χ1) is 12.0. The lowest BCUT2D eigenvalue weighted by Crippen LogP contribution is -2.50. The molecule has 0 bridgehead atoms. The first-order valence-corrected chi connectivity index (χ1v) is 12.5. The average Bonchev–Trinajstić information content (AvgIpc) is 2.96. The normalized spacial score (nSPS) is 28.0. The Morgan fingerprint density at radius 2 is 1.92 bits per heavy atom. The molecule has 1 aliphatic heterocycles. The SMILES string of the molecule is C=C[C@@H](O[Si](C)(C)C(C)(C)C)[C@H](OC)[C@H]1O[C@@H](OC)C[C@H]1C[C@@H](C)CO. The number of ether oxygens (including phenoxy) is 3. The van der Waals surface area contributed by atoms with Crippen LogP contribution in [0.15, 0.2) is 12.7 Å². The zero-order valence-electron chi connectivity index (χ0n) is 18.0. The molecule has 6 heteroatoms. The van der Waals surface area contributed by atoms with Gasteiger partial charge in [0.25, 0.3) is 0 Å². The van der Waals surface area contributed by atoms with Crippen LogP contribution in [0, 0.1) is 11.8 Å². The topological polar surface area (TPSA) is 57.2 Å². The minimum atomic E-state index is -1.98. The molecule has 0 spiro atoms. The molecule has 0 radical (unpaired) electrons. The summed E-state index contributed by atoms with van der Waals surface area (Å²) in [6, 6.07) is 0. The molecule has 1 aliphatic rings. The first-order valence-electron chi connectivity index (χ1n) is 9.63. The highest BCUT2D eigenvalue weighted by atomic mass is 28.4. The van der Waals surface area contributed by atoms with E-state index in [1.54, 1.807) is 14.2 Å². The molecule has 0 aromatic rings. The van der Waals surface area contributed by atoms with Gasteiger partial charge in [0.1, 0.15) is 6.10 Å². The van der Waals surface area contributed by atoms with Crippen molar-refractivity contribution in [2.24, 2.45) is 11.8 Å². The minimum Gasteiger partial charge on any atom is -0.408 e. The molecule has 0 aliphatic carbocycles. The number of aliphatic hydroxyl groups is 1. The van der Waals surface area contributed by atoms with E-state index in [9.17, 15) is 5.11 Å². The van der Waals surface area contributed by atoms with Gasteiger partial charge in [-0.3, -0.25) is 0 Å². The maximum absolute atomic E-state index is 9.46. The van der Waals surface area contributed by atoms with E-state index < -0.39 is 8.32 Å². The molecule has 154 valence electrons. The zero-order chi connectivity index (χ0) is 20.1. The van der Waals surface area contributed by atoms with Crippen LogP contribution in [0.1, 0.15) is 40.5 Å². The van der Waals surface area contributed by atoms with Crippen LogP contribution in [0.4, 0.5) is 0 Å². The van der Waals surface area contributed by atoms with E-state index in [0.717, 1.165) is 12.8 Å². The third kappa shape index (κ3) is 5.88. The number of rotatable bonds is 10. The third-order valence-electron chi connectivity index (χ3n) is 5.94. The van der Waals surface area contributed by atoms with Crippen LogP contribution in [0.5, 0.6) is 0 Å². The van der Waals surface area contributed by atoms with Gasteiger partial charge >= 0.3 is 0 Å². The molecule has 1 heterocycles. The Balaban J connectivity index is 3.01. The summed E-state index contributed by atoms with van der Waals surface area (Å²) in [6.07, 6.45) is 2.62. The Labute approximate surface area is 161 Å². The van der Waals surface area contributed by atoms with Crippen LogP contribution in [-0.2, 0) is 18.6 Å². The molecular weight excluding hydrogens is 348 g/mol. The summed E-state index contributed by atoms with van der Waals surface area (Å²) in [4.78, 5) is 0. The fourth-order valence-corrected chi connectivity index (χ4v) is 4.53. The Hall–Kier alpha value is -0.243. The highest BCUT2D eigenvalue weighted by Gasteiger charge is 2.46. The van der Waals surface area contributed by atoms with Gasteiger partial charge in [-0.15, -0.1) is 6.58 Å². The van der Waals surface area contributed by atoms with Gasteiger partial charge < -0.3 is 23.7 Å². The van der Waals surface area contributed by atoms with E-state index >= 15 is 0 Å². The van der Waals surface area contributed by atoms with E-state index in [-0.39, 0.29) is 48.1 Å². The lowest BCUT2D eigenvalue weighted by atomic mass is 9.86. The summed E-state index contributed by atoms with van der Waals surface area (Å²) >= 11 is 0. The maximum atomic E-state index is 9.46. The Morgan fingerprint density at radius 1 is 1.31 bits per heavy atom. The quantitative estimate of drug-likeness (QED) is 0.453. The molecule has 1 N–H and O–H groups in total. The van der Waals surface area contributed by atoms with Crippen LogP contribution in [0.3, 0.4) is 0 Å². The summed E-state index contributed by atoms with van der Waals surface area (Å²) in [5.41, 5.74) is 0. The van der Waals surface area contributed by atoms with E-state index in [2.05, 4.69) is 47.4 Å². The predicted molar refractivity (Wildman–Crippen MR) is 108 cm³/mol. The monoisotopic (exact) mass is 388 g/mol. The van der Waals surface area contributed by atoms with Crippen molar-refractivity contribution in [3.8, 4) is 0 Å². The van der Waals surface area contributed by atoms with Crippen molar-refractivity contribution in [3.05, 3.63) is 12.7 Å². The van der Waals surface area contributed by atoms with Crippen molar-refractivity contribution < 1.29 is 23.7 Å². The number of hydrogen-bond acceptors (Lipinski definition) is 5. The molecule has 0 aromatic carbocycles. The van der Waals surface area contributed by atoms with E-state index in [4.69, 9.17) is 18.6 Å². The van der Waals surface area contributed by atoms with Gasteiger partial charge in [0.05, 0.1) is 12.2 Å². The zero-order valence-corrected chi connectivity index (χ0v) is 19.0. The second-order valence-electron chi connectivity index (χ2n) is 9.06. The molecule has 0 amide bonds. The predicted octanol–water partition coefficient (Wildman–Crippen LogP) is 3.97. The van der Waals surface area contributed by atoms with Gasteiger partial charge in [0, 0.05) is 27.2 Å². The Bertz CT molecular complexity index is 434. The van der Waals surface area contributed by atoms with Crippen LogP contribution in [0.25, 0.3) is 0 Å². The second kappa shape index (κ2) is 9.80. The summed E-state index contributed by atoms with van der Waals surface area (Å²) < 4.78 is 24.1. The largest absolute Gasteiger partial charge is 0.408 e. The minimum absolute atomic E-state index is 0.100. The molecule has 1 rings (SSSR count). The van der Waals surface area contributed by atoms with E-state index in [1.165, 1.54) is 0 Å². The lowest BCUT2D eigenvalue weighted by molar-refractivity contribution is -0.159. The van der Waals surface area contributed by atoms with Gasteiger partial charge in [-0.2, -0.15) is 0 Å². The van der Waals surface area contributed by atoms with Crippen molar-refractivity contribution in [3.63, 3.8) is 0 Å². The fourth-order valence-electron chi connectivity index (χ4n) is 3.26. The van der Waals surface area contributed by atoms with Gasteiger partial charge in [-0.05, 0) is 36.4 Å². The molecule has 1 saturated heterocycles. The Kier molecular flexibility index (Phi) is 8.97. The summed E-state index contributed by atoms with van der Waals surface area (Å²) in [5, 5.41) is 9.56. The summed E-state index contributed by atoms with van der Waals surface area (Å²) in [7, 11) is 1.38. The number of methoxy groups -OCH3 is 2. The first kappa shape index (κ1) is 23.8. The van der Waals surface area contributed by atoms with Crippen LogP contribution in [-0.4, -0.2) is 58.9 Å². The van der Waals surface area contributed by atoms with E-state index in [1.807, 2.05) is 6.08 Å². The van der Waals surface area contributed by atoms with Crippen molar-refractivity contribution in [1.29, 1.82) is 0 Å². The molecule has 0 saturated carbocycles. The highest BCUT2D eigenvalue weighted by molar-refractivity contribution is 6.74. The van der Waals surface area contributed by atoms with Crippen molar-refractivity contribution in [2.45, 2.75) is 83.3 Å². The summed E-state index contributed by atoms with van der Waals surface area (Å²) in [6.45, 7) is 17.4. The highest BCUT2D eigenvalue weighted by Crippen LogP contribution is 2.40. The molecule has 5 nitrogen and oxygen atoms in total. The molecule has 0 aromatic heterocycles. The maximum Gasteiger partial charge on any atom is 0.193 e. The smallest absolute Gasteiger partial charge is 0.193 e. The molecule has 26 heavy (non-hydrogen) atoms. The third-order valence-corrected chi connectivity index (χ3v) is 10.4. The standard InChI is InChI=1S/C20H40O5Si/c1-10-16(25-26(8,9)20(3,4)5)19(23-7)18-15(11-14(2)13-21)12-17(22-6)24-18/h10,14-19,21H,1,11-13H2,2-9H3/t14-,15-,16-,17-,18+,19+/m1/s1. The summed E-state index contributed by atoms with van der Waals surface area (Å²) in [5.74, 6) is 0.459. The van der Waals surface area contributed by atoms with Gasteiger partial charge in [-0.1, -0.05) is 33.8 Å². The second-order valence-corrected chi connectivity index (χ2v) is 13.8. The van der Waals surface area contributed by atoms with Crippen molar-refractivity contribution in [1.82, 2.24) is 0 Å². The lowest BCUT2D eigenvalue weighted by Gasteiger charge is -2.41. The molecular formula is C20H40O5Si. The van der Waals surface area contributed by atoms with Gasteiger partial charge in [0.15, 0.2) is 14.6 Å². The van der Waals surface area contributed by atoms with Crippen LogP contribution < -0.4 is 0 Å². The number of aliphatic hydroxyl groups excluding tert-OH is 1. The average molecular weight is 389 g/mol. The van der Waals surface area contributed by atoms with Gasteiger partial charge in [0.2, 0.25) is 0 Å². The Morgan fingerprint density at radius 3 is 2.35 bits per heavy atom. The van der Waals surface area contributed by atoms with E-state index in [0.29, 0.717) is 0 Å². The molecule has 6 atom stereocenters. The van der Waals surface area contributed by atoms with Crippen molar-refractivity contribution in [2.75, 3.05) is 20.8 Å². The molecule has 0 unspecified atom stereocenters. The van der Waals surface area contributed by atoms with Crippen LogP contribution >= 0.6 is 0 Å². The molecule has 1 fully saturated rings. The van der Waals surface area contributed by atoms with Crippen LogP contribution in [0.2, 0.25) is 18.1 Å².